The maximum Gasteiger partial charge on any atom is 0.177 e. The molecule has 0 atom stereocenters. The Morgan fingerprint density at radius 1 is 1.00 bits per heavy atom. The second-order valence-electron chi connectivity index (χ2n) is 0.929. The summed E-state index contributed by atoms with van der Waals surface area (Å²) in [4.78, 5) is 3.23. The molecule has 0 unspecified atom stereocenters. The Bertz CT molecular complexity index is 124. The molecule has 1 nitrogen and oxygen atoms in total. The van der Waals surface area contributed by atoms with Crippen LogP contribution >= 0.6 is 63.7 Å². The van der Waals surface area contributed by atoms with Crippen molar-refractivity contribution in [2.45, 2.75) is 0 Å². The SMILES string of the molecule is Br/C=C(\Br)O/C(Br)=C/Br. The van der Waals surface area contributed by atoms with E-state index in [9.17, 15) is 0 Å². The molecule has 0 spiro atoms. The quantitative estimate of drug-likeness (QED) is 0.648. The second kappa shape index (κ2) is 5.95. The van der Waals surface area contributed by atoms with Crippen molar-refractivity contribution in [3.63, 3.8) is 0 Å². The summed E-state index contributed by atoms with van der Waals surface area (Å²) in [6.07, 6.45) is 0. The fraction of sp³-hybridized carbons (Fsp3) is 0. The van der Waals surface area contributed by atoms with Gasteiger partial charge in [-0.1, -0.05) is 31.9 Å². The monoisotopic (exact) mass is 382 g/mol. The Morgan fingerprint density at radius 2 is 1.33 bits per heavy atom. The van der Waals surface area contributed by atoms with Crippen molar-refractivity contribution in [2.75, 3.05) is 0 Å². The van der Waals surface area contributed by atoms with Gasteiger partial charge in [0, 0.05) is 9.97 Å². The lowest BCUT2D eigenvalue weighted by Gasteiger charge is -1.97. The number of halogens is 4. The van der Waals surface area contributed by atoms with Gasteiger partial charge < -0.3 is 4.74 Å². The van der Waals surface area contributed by atoms with Crippen LogP contribution in [-0.4, -0.2) is 0 Å². The van der Waals surface area contributed by atoms with Gasteiger partial charge in [-0.15, -0.1) is 0 Å². The predicted octanol–water partition coefficient (Wildman–Crippen LogP) is 4.18. The molecule has 0 aliphatic rings. The van der Waals surface area contributed by atoms with E-state index >= 15 is 0 Å². The fourth-order valence-electron chi connectivity index (χ4n) is 0.138. The van der Waals surface area contributed by atoms with Crippen LogP contribution in [0.2, 0.25) is 0 Å². The van der Waals surface area contributed by atoms with Crippen LogP contribution in [-0.2, 0) is 4.74 Å². The lowest BCUT2D eigenvalue weighted by atomic mass is 11.1. The van der Waals surface area contributed by atoms with Crippen LogP contribution in [0.15, 0.2) is 19.3 Å². The maximum atomic E-state index is 5.01. The van der Waals surface area contributed by atoms with Gasteiger partial charge in [-0.3, -0.25) is 0 Å². The van der Waals surface area contributed by atoms with Crippen molar-refractivity contribution < 1.29 is 4.74 Å². The van der Waals surface area contributed by atoms with Crippen LogP contribution in [0.1, 0.15) is 0 Å². The predicted molar refractivity (Wildman–Crippen MR) is 53.0 cm³/mol. The summed E-state index contributed by atoms with van der Waals surface area (Å²) in [5, 5.41) is 0. The number of ether oxygens (including phenoxy) is 1. The zero-order valence-corrected chi connectivity index (χ0v) is 10.4. The van der Waals surface area contributed by atoms with Crippen molar-refractivity contribution in [2.24, 2.45) is 0 Å². The van der Waals surface area contributed by atoms with Crippen LogP contribution in [0.4, 0.5) is 0 Å². The van der Waals surface area contributed by atoms with Gasteiger partial charge in [0.25, 0.3) is 0 Å². The maximum absolute atomic E-state index is 5.01. The van der Waals surface area contributed by atoms with Gasteiger partial charge >= 0.3 is 0 Å². The molecule has 5 heteroatoms. The number of hydrogen-bond donors (Lipinski definition) is 0. The van der Waals surface area contributed by atoms with Crippen molar-refractivity contribution >= 4 is 63.7 Å². The fourth-order valence-corrected chi connectivity index (χ4v) is 0.891. The van der Waals surface area contributed by atoms with Gasteiger partial charge in [0.2, 0.25) is 0 Å². The first-order valence-corrected chi connectivity index (χ1v) is 5.22. The van der Waals surface area contributed by atoms with E-state index in [1.165, 1.54) is 0 Å². The molecule has 0 saturated heterocycles. The zero-order chi connectivity index (χ0) is 7.28. The Balaban J connectivity index is 3.75. The van der Waals surface area contributed by atoms with Gasteiger partial charge in [0.15, 0.2) is 9.34 Å². The highest BCUT2D eigenvalue weighted by atomic mass is 79.9. The van der Waals surface area contributed by atoms with E-state index in [1.54, 1.807) is 9.97 Å². The van der Waals surface area contributed by atoms with Crippen molar-refractivity contribution in [1.82, 2.24) is 0 Å². The third-order valence-electron chi connectivity index (χ3n) is 0.367. The minimum atomic E-state index is 0.602. The first-order valence-electron chi connectivity index (χ1n) is 1.80. The average molecular weight is 386 g/mol. The lowest BCUT2D eigenvalue weighted by Crippen LogP contribution is -1.75. The summed E-state index contributed by atoms with van der Waals surface area (Å²) in [6.45, 7) is 0. The third kappa shape index (κ3) is 5.63. The Hall–Kier alpha value is 1.20. The molecule has 9 heavy (non-hydrogen) atoms. The molecule has 0 saturated carbocycles. The Kier molecular flexibility index (Phi) is 6.74. The van der Waals surface area contributed by atoms with Crippen LogP contribution in [0.5, 0.6) is 0 Å². The molecule has 0 aromatic rings. The molecule has 0 radical (unpaired) electrons. The van der Waals surface area contributed by atoms with Gasteiger partial charge in [-0.25, -0.2) is 0 Å². The Labute approximate surface area is 87.0 Å². The molecule has 0 aromatic carbocycles. The van der Waals surface area contributed by atoms with E-state index in [-0.39, 0.29) is 0 Å². The molecule has 0 heterocycles. The molecule has 52 valence electrons. The molecule has 0 rings (SSSR count). The molecule has 0 N–H and O–H groups in total. The molecule has 0 fully saturated rings. The molecule has 0 aromatic heterocycles. The first-order chi connectivity index (χ1) is 4.20. The van der Waals surface area contributed by atoms with E-state index in [1.807, 2.05) is 0 Å². The smallest absolute Gasteiger partial charge is 0.177 e. The first kappa shape index (κ1) is 10.2. The summed E-state index contributed by atoms with van der Waals surface area (Å²) >= 11 is 12.4. The van der Waals surface area contributed by atoms with E-state index in [2.05, 4.69) is 63.7 Å². The van der Waals surface area contributed by atoms with Gasteiger partial charge in [-0.2, -0.15) is 0 Å². The van der Waals surface area contributed by atoms with E-state index in [0.717, 1.165) is 0 Å². The summed E-state index contributed by atoms with van der Waals surface area (Å²) < 4.78 is 6.21. The molecule has 0 aliphatic carbocycles. The van der Waals surface area contributed by atoms with Crippen molar-refractivity contribution in [3.8, 4) is 0 Å². The standard InChI is InChI=1S/C4H2Br4O/c5-1-3(7)9-4(8)2-6/h1-2H/b3-1+,4-2+. The third-order valence-corrected chi connectivity index (χ3v) is 3.21. The van der Waals surface area contributed by atoms with Crippen molar-refractivity contribution in [1.29, 1.82) is 0 Å². The lowest BCUT2D eigenvalue weighted by molar-refractivity contribution is 0.383. The van der Waals surface area contributed by atoms with Gasteiger partial charge in [-0.05, 0) is 31.9 Å². The molecule has 0 amide bonds. The average Bonchev–Trinajstić information content (AvgIpc) is 1.87. The second-order valence-corrected chi connectivity index (χ2v) is 3.41. The highest BCUT2D eigenvalue weighted by Crippen LogP contribution is 2.19. The summed E-state index contributed by atoms with van der Waals surface area (Å²) in [6, 6.07) is 0. The number of hydrogen-bond acceptors (Lipinski definition) is 1. The normalized spacial score (nSPS) is 13.8. The van der Waals surface area contributed by atoms with Crippen LogP contribution in [0, 0.1) is 0 Å². The summed E-state index contributed by atoms with van der Waals surface area (Å²) in [5.41, 5.74) is 0. The van der Waals surface area contributed by atoms with Crippen LogP contribution < -0.4 is 0 Å². The molecular weight excluding hydrogens is 384 g/mol. The molecule has 0 bridgehead atoms. The van der Waals surface area contributed by atoms with Gasteiger partial charge in [0.05, 0.1) is 0 Å². The highest BCUT2D eigenvalue weighted by Gasteiger charge is 1.92. The van der Waals surface area contributed by atoms with Crippen LogP contribution in [0.25, 0.3) is 0 Å². The Morgan fingerprint density at radius 3 is 1.56 bits per heavy atom. The minimum absolute atomic E-state index is 0.602. The minimum Gasteiger partial charge on any atom is -0.442 e. The van der Waals surface area contributed by atoms with E-state index in [4.69, 9.17) is 4.74 Å². The van der Waals surface area contributed by atoms with Crippen LogP contribution in [0.3, 0.4) is 0 Å². The topological polar surface area (TPSA) is 9.23 Å². The zero-order valence-electron chi connectivity index (χ0n) is 4.07. The molecular formula is C4H2Br4O. The van der Waals surface area contributed by atoms with Gasteiger partial charge in [0.1, 0.15) is 0 Å². The molecule has 0 aliphatic heterocycles. The van der Waals surface area contributed by atoms with E-state index in [0.29, 0.717) is 9.34 Å². The largest absolute Gasteiger partial charge is 0.442 e. The highest BCUT2D eigenvalue weighted by molar-refractivity contribution is 9.14. The summed E-state index contributed by atoms with van der Waals surface area (Å²) in [5.74, 6) is 0. The van der Waals surface area contributed by atoms with E-state index < -0.39 is 0 Å². The summed E-state index contributed by atoms with van der Waals surface area (Å²) in [7, 11) is 0. The number of rotatable bonds is 2. The van der Waals surface area contributed by atoms with Crippen molar-refractivity contribution in [3.05, 3.63) is 19.3 Å².